The summed E-state index contributed by atoms with van der Waals surface area (Å²) in [6.45, 7) is 0. The van der Waals surface area contributed by atoms with Gasteiger partial charge in [0.25, 0.3) is 0 Å². The third-order valence-corrected chi connectivity index (χ3v) is 2.62. The fourth-order valence-electron chi connectivity index (χ4n) is 2.00. The van der Waals surface area contributed by atoms with Crippen LogP contribution in [0, 0.1) is 13.5 Å². The maximum atomic E-state index is 3.30. The average Bonchev–Trinajstić information content (AvgIpc) is 2.56. The van der Waals surface area contributed by atoms with Crippen LogP contribution in [0.25, 0.3) is 11.1 Å². The summed E-state index contributed by atoms with van der Waals surface area (Å²) >= 11 is 0. The van der Waals surface area contributed by atoms with Gasteiger partial charge in [-0.15, -0.1) is 5.56 Å². The van der Waals surface area contributed by atoms with Crippen molar-refractivity contribution in [3.8, 4) is 11.1 Å². The Hall–Kier alpha value is -0.738. The molecule has 0 heterocycles. The van der Waals surface area contributed by atoms with Crippen LogP contribution < -0.4 is 12.4 Å². The molecular formula is C14H12ClCr. The van der Waals surface area contributed by atoms with Gasteiger partial charge in [0.1, 0.15) is 0 Å². The topological polar surface area (TPSA) is 0 Å². The first-order chi connectivity index (χ1) is 6.45. The summed E-state index contributed by atoms with van der Waals surface area (Å²) < 4.78 is 0. The zero-order valence-electron chi connectivity index (χ0n) is 9.03. The molecule has 2 heteroatoms. The Morgan fingerprint density at radius 2 is 1.62 bits per heavy atom. The molecule has 3 rings (SSSR count). The van der Waals surface area contributed by atoms with Crippen LogP contribution in [0.15, 0.2) is 42.5 Å². The fraction of sp³-hybridized carbons (Fsp3) is 0.0714. The number of hydrogen-bond acceptors (Lipinski definition) is 0. The summed E-state index contributed by atoms with van der Waals surface area (Å²) in [5.41, 5.74) is 5.51. The standard InChI is InChI=1S/C13H9.CH3.ClH.Cr/c1-3-7-12-10(5-1)9-11-6-2-4-8-13(11)12;;;/h1-5,7-8H,9H2;1H3;1H;/q2*-1;;+3/p-1. The summed E-state index contributed by atoms with van der Waals surface area (Å²) in [6, 6.07) is 18.1. The molecule has 0 aromatic heterocycles. The maximum absolute atomic E-state index is 3.30. The van der Waals surface area contributed by atoms with Crippen LogP contribution >= 0.6 is 0 Å². The quantitative estimate of drug-likeness (QED) is 0.521. The van der Waals surface area contributed by atoms with E-state index in [1.54, 1.807) is 0 Å². The largest absolute Gasteiger partial charge is 3.00 e. The Balaban J connectivity index is 0.000000750. The van der Waals surface area contributed by atoms with Gasteiger partial charge in [-0.1, -0.05) is 35.4 Å². The van der Waals surface area contributed by atoms with E-state index in [-0.39, 0.29) is 37.2 Å². The van der Waals surface area contributed by atoms with Crippen LogP contribution in [0.5, 0.6) is 0 Å². The number of benzene rings is 2. The van der Waals surface area contributed by atoms with E-state index in [0.29, 0.717) is 0 Å². The molecule has 0 fully saturated rings. The summed E-state index contributed by atoms with van der Waals surface area (Å²) in [4.78, 5) is 0. The molecule has 0 saturated heterocycles. The van der Waals surface area contributed by atoms with Crippen LogP contribution in [0.3, 0.4) is 0 Å². The monoisotopic (exact) mass is 267 g/mol. The second-order valence-corrected chi connectivity index (χ2v) is 3.40. The van der Waals surface area contributed by atoms with Gasteiger partial charge in [0, 0.05) is 0 Å². The Morgan fingerprint density at radius 1 is 0.938 bits per heavy atom. The SMILES string of the molecule is [CH3-].[Cl-].[Cr+3].[c-]1cccc2c1Cc1ccccc1-2. The van der Waals surface area contributed by atoms with Gasteiger partial charge in [0.15, 0.2) is 0 Å². The third kappa shape index (κ3) is 2.33. The van der Waals surface area contributed by atoms with E-state index in [0.717, 1.165) is 6.42 Å². The van der Waals surface area contributed by atoms with Crippen LogP contribution in [0.1, 0.15) is 11.1 Å². The van der Waals surface area contributed by atoms with Gasteiger partial charge in [0.05, 0.1) is 0 Å². The molecule has 0 N–H and O–H groups in total. The Morgan fingerprint density at radius 3 is 2.44 bits per heavy atom. The van der Waals surface area contributed by atoms with E-state index >= 15 is 0 Å². The minimum absolute atomic E-state index is 0. The molecule has 2 aromatic carbocycles. The molecule has 0 nitrogen and oxygen atoms in total. The normalized spacial score (nSPS) is 10.0. The van der Waals surface area contributed by atoms with E-state index in [9.17, 15) is 0 Å². The van der Waals surface area contributed by atoms with Crippen molar-refractivity contribution in [2.75, 3.05) is 0 Å². The van der Waals surface area contributed by atoms with Crippen molar-refractivity contribution < 1.29 is 29.8 Å². The molecule has 1 aliphatic rings. The summed E-state index contributed by atoms with van der Waals surface area (Å²) in [7, 11) is 0. The second-order valence-electron chi connectivity index (χ2n) is 3.40. The van der Waals surface area contributed by atoms with E-state index in [2.05, 4.69) is 42.5 Å². The molecular weight excluding hydrogens is 256 g/mol. The molecule has 0 amide bonds. The summed E-state index contributed by atoms with van der Waals surface area (Å²) in [5.74, 6) is 0. The van der Waals surface area contributed by atoms with Crippen LogP contribution in [-0.4, -0.2) is 0 Å². The molecule has 1 radical (unpaired) electrons. The summed E-state index contributed by atoms with van der Waals surface area (Å²) in [6.07, 6.45) is 1.05. The van der Waals surface area contributed by atoms with Crippen LogP contribution in [-0.2, 0) is 23.8 Å². The third-order valence-electron chi connectivity index (χ3n) is 2.62. The van der Waals surface area contributed by atoms with Gasteiger partial charge in [-0.2, -0.15) is 29.8 Å². The average molecular weight is 268 g/mol. The molecule has 0 unspecified atom stereocenters. The smallest absolute Gasteiger partial charge is 1.00 e. The molecule has 1 aliphatic carbocycles. The van der Waals surface area contributed by atoms with E-state index < -0.39 is 0 Å². The molecule has 0 saturated carbocycles. The Bertz CT molecular complexity index is 422. The van der Waals surface area contributed by atoms with Crippen molar-refractivity contribution in [2.45, 2.75) is 6.42 Å². The second kappa shape index (κ2) is 6.11. The van der Waals surface area contributed by atoms with Crippen molar-refractivity contribution in [3.05, 3.63) is 67.1 Å². The van der Waals surface area contributed by atoms with Gasteiger partial charge in [0.2, 0.25) is 0 Å². The molecule has 0 spiro atoms. The van der Waals surface area contributed by atoms with Gasteiger partial charge in [-0.05, 0) is 6.42 Å². The van der Waals surface area contributed by atoms with E-state index in [1.807, 2.05) is 6.07 Å². The predicted octanol–water partition coefficient (Wildman–Crippen LogP) is 0.510. The minimum atomic E-state index is 0. The van der Waals surface area contributed by atoms with Gasteiger partial charge in [-0.3, -0.25) is 0 Å². The first-order valence-corrected chi connectivity index (χ1v) is 4.53. The number of fused-ring (bicyclic) bond motifs is 3. The van der Waals surface area contributed by atoms with Crippen molar-refractivity contribution in [1.29, 1.82) is 0 Å². The molecule has 2 aromatic rings. The summed E-state index contributed by atoms with van der Waals surface area (Å²) in [5, 5.41) is 0. The fourth-order valence-corrected chi connectivity index (χ4v) is 2.00. The van der Waals surface area contributed by atoms with Gasteiger partial charge >= 0.3 is 17.4 Å². The number of halogens is 1. The molecule has 16 heavy (non-hydrogen) atoms. The first kappa shape index (κ1) is 15.3. The van der Waals surface area contributed by atoms with Gasteiger partial charge < -0.3 is 19.8 Å². The number of hydrogen-bond donors (Lipinski definition) is 0. The van der Waals surface area contributed by atoms with Gasteiger partial charge in [-0.25, -0.2) is 0 Å². The van der Waals surface area contributed by atoms with Crippen LogP contribution in [0.4, 0.5) is 0 Å². The van der Waals surface area contributed by atoms with Crippen LogP contribution in [0.2, 0.25) is 0 Å². The van der Waals surface area contributed by atoms with Crippen molar-refractivity contribution in [3.63, 3.8) is 0 Å². The molecule has 0 atom stereocenters. The zero-order valence-corrected chi connectivity index (χ0v) is 11.1. The number of rotatable bonds is 0. The maximum Gasteiger partial charge on any atom is 3.00 e. The van der Waals surface area contributed by atoms with E-state index in [1.165, 1.54) is 22.3 Å². The Labute approximate surface area is 114 Å². The zero-order chi connectivity index (χ0) is 8.67. The Kier molecular flexibility index (Phi) is 5.83. The van der Waals surface area contributed by atoms with Crippen molar-refractivity contribution >= 4 is 0 Å². The van der Waals surface area contributed by atoms with E-state index in [4.69, 9.17) is 0 Å². The van der Waals surface area contributed by atoms with Crippen molar-refractivity contribution in [2.24, 2.45) is 0 Å². The first-order valence-electron chi connectivity index (χ1n) is 4.53. The predicted molar refractivity (Wildman–Crippen MR) is 59.9 cm³/mol. The molecule has 0 bridgehead atoms. The van der Waals surface area contributed by atoms with Crippen molar-refractivity contribution in [1.82, 2.24) is 0 Å². The molecule has 0 aliphatic heterocycles. The molecule has 81 valence electrons. The minimum Gasteiger partial charge on any atom is -1.00 e.